The van der Waals surface area contributed by atoms with Crippen LogP contribution in [0.1, 0.15) is 21.7 Å². The maximum absolute atomic E-state index is 13.9. The summed E-state index contributed by atoms with van der Waals surface area (Å²) in [7, 11) is 1.76. The maximum Gasteiger partial charge on any atom is 0.259 e. The lowest BCUT2D eigenvalue weighted by Gasteiger charge is -2.09. The number of hydrogen-bond acceptors (Lipinski definition) is 2. The summed E-state index contributed by atoms with van der Waals surface area (Å²) < 4.78 is 16.6. The summed E-state index contributed by atoms with van der Waals surface area (Å²) >= 11 is 6.42. The molecule has 20 heavy (non-hydrogen) atoms. The van der Waals surface area contributed by atoms with Crippen LogP contribution in [0.5, 0.6) is 0 Å². The van der Waals surface area contributed by atoms with E-state index in [1.807, 2.05) is 0 Å². The zero-order valence-electron chi connectivity index (χ0n) is 11.1. The van der Waals surface area contributed by atoms with Gasteiger partial charge < -0.3 is 5.32 Å². The topological polar surface area (TPSA) is 46.9 Å². The molecule has 0 radical (unpaired) electrons. The average Bonchev–Trinajstić information content (AvgIpc) is 2.58. The zero-order chi connectivity index (χ0) is 15.0. The van der Waals surface area contributed by atoms with Gasteiger partial charge in [0.2, 0.25) is 0 Å². The summed E-state index contributed by atoms with van der Waals surface area (Å²) in [6, 6.07) is 2.96. The van der Waals surface area contributed by atoms with Crippen LogP contribution in [-0.2, 0) is 7.05 Å². The minimum atomic E-state index is -0.515. The van der Waals surface area contributed by atoms with Gasteiger partial charge in [0.05, 0.1) is 16.9 Å². The normalized spacial score (nSPS) is 10.7. The quantitative estimate of drug-likeness (QED) is 0.823. The van der Waals surface area contributed by atoms with Crippen molar-refractivity contribution in [2.24, 2.45) is 7.05 Å². The third kappa shape index (κ3) is 2.78. The minimum absolute atomic E-state index is 0.112. The Balaban J connectivity index is 2.38. The molecule has 2 aromatic rings. The molecule has 1 aromatic carbocycles. The maximum atomic E-state index is 13.9. The van der Waals surface area contributed by atoms with Gasteiger partial charge >= 0.3 is 0 Å². The second kappa shape index (κ2) is 5.65. The number of carbonyl (C=O) groups excluding carboxylic acids is 1. The van der Waals surface area contributed by atoms with E-state index in [0.717, 1.165) is 5.69 Å². The summed E-state index contributed by atoms with van der Waals surface area (Å²) in [5, 5.41) is 6.76. The number of hydrogen-bond donors (Lipinski definition) is 1. The number of aromatic nitrogens is 2. The Kier molecular flexibility index (Phi) is 4.29. The van der Waals surface area contributed by atoms with Crippen molar-refractivity contribution < 1.29 is 9.18 Å². The molecule has 0 aliphatic rings. The van der Waals surface area contributed by atoms with Crippen LogP contribution in [-0.4, -0.2) is 15.7 Å². The van der Waals surface area contributed by atoms with Crippen LogP contribution in [0.4, 0.5) is 10.1 Å². The number of nitrogens with one attached hydrogen (secondary N) is 1. The lowest BCUT2D eigenvalue weighted by Crippen LogP contribution is -2.15. The van der Waals surface area contributed by atoms with Gasteiger partial charge in [0.1, 0.15) is 5.82 Å². The lowest BCUT2D eigenvalue weighted by atomic mass is 10.2. The van der Waals surface area contributed by atoms with Crippen LogP contribution in [0.2, 0.25) is 0 Å². The molecule has 0 atom stereocenters. The second-order valence-electron chi connectivity index (χ2n) is 4.37. The van der Waals surface area contributed by atoms with Crippen LogP contribution < -0.4 is 5.32 Å². The molecule has 0 saturated carbocycles. The van der Waals surface area contributed by atoms with Gasteiger partial charge in [-0.3, -0.25) is 9.48 Å². The van der Waals surface area contributed by atoms with Crippen molar-refractivity contribution in [3.8, 4) is 0 Å². The Morgan fingerprint density at radius 2 is 2.00 bits per heavy atom. The van der Waals surface area contributed by atoms with Crippen molar-refractivity contribution >= 4 is 43.5 Å². The molecule has 0 bridgehead atoms. The fraction of sp³-hybridized carbons (Fsp3) is 0.231. The van der Waals surface area contributed by atoms with E-state index in [2.05, 4.69) is 42.3 Å². The van der Waals surface area contributed by atoms with E-state index in [-0.39, 0.29) is 11.6 Å². The highest BCUT2D eigenvalue weighted by Gasteiger charge is 2.19. The predicted molar refractivity (Wildman–Crippen MR) is 82.4 cm³/mol. The highest BCUT2D eigenvalue weighted by molar-refractivity contribution is 9.11. The molecule has 0 unspecified atom stereocenters. The molecule has 7 heteroatoms. The first-order valence-electron chi connectivity index (χ1n) is 5.77. The van der Waals surface area contributed by atoms with Gasteiger partial charge in [-0.05, 0) is 41.9 Å². The monoisotopic (exact) mass is 403 g/mol. The van der Waals surface area contributed by atoms with Gasteiger partial charge in [-0.1, -0.05) is 15.9 Å². The fourth-order valence-electron chi connectivity index (χ4n) is 1.94. The standard InChI is InChI=1S/C13H12Br2FN3O/c1-6-11(7(2)19(3)18-6)13(20)17-12-9(15)4-8(14)5-10(12)16/h4-5H,1-3H3,(H,17,20). The molecule has 0 spiro atoms. The smallest absolute Gasteiger partial charge is 0.259 e. The lowest BCUT2D eigenvalue weighted by molar-refractivity contribution is 0.102. The largest absolute Gasteiger partial charge is 0.318 e. The fourth-order valence-corrected chi connectivity index (χ4v) is 3.21. The molecule has 0 aliphatic carbocycles. The highest BCUT2D eigenvalue weighted by atomic mass is 79.9. The van der Waals surface area contributed by atoms with E-state index >= 15 is 0 Å². The molecule has 1 amide bonds. The number of benzene rings is 1. The van der Waals surface area contributed by atoms with Crippen molar-refractivity contribution in [3.05, 3.63) is 43.8 Å². The number of anilines is 1. The van der Waals surface area contributed by atoms with Gasteiger partial charge in [-0.15, -0.1) is 0 Å². The van der Waals surface area contributed by atoms with Gasteiger partial charge in [0, 0.05) is 21.7 Å². The molecule has 2 rings (SSSR count). The van der Waals surface area contributed by atoms with Gasteiger partial charge in [0.15, 0.2) is 0 Å². The van der Waals surface area contributed by atoms with Crippen molar-refractivity contribution in [1.29, 1.82) is 0 Å². The van der Waals surface area contributed by atoms with E-state index in [4.69, 9.17) is 0 Å². The Hall–Kier alpha value is -1.21. The first-order chi connectivity index (χ1) is 9.31. The van der Waals surface area contributed by atoms with Crippen molar-refractivity contribution in [1.82, 2.24) is 9.78 Å². The summed E-state index contributed by atoms with van der Waals surface area (Å²) in [6.45, 7) is 3.54. The molecule has 106 valence electrons. The van der Waals surface area contributed by atoms with Crippen LogP contribution >= 0.6 is 31.9 Å². The molecule has 4 nitrogen and oxygen atoms in total. The number of nitrogens with zero attached hydrogens (tertiary/aromatic N) is 2. The average molecular weight is 405 g/mol. The SMILES string of the molecule is Cc1nn(C)c(C)c1C(=O)Nc1c(F)cc(Br)cc1Br. The zero-order valence-corrected chi connectivity index (χ0v) is 14.3. The van der Waals surface area contributed by atoms with E-state index in [9.17, 15) is 9.18 Å². The Morgan fingerprint density at radius 3 is 2.50 bits per heavy atom. The van der Waals surface area contributed by atoms with E-state index in [1.54, 1.807) is 31.6 Å². The third-order valence-electron chi connectivity index (χ3n) is 2.98. The number of amides is 1. The van der Waals surface area contributed by atoms with E-state index < -0.39 is 5.82 Å². The molecule has 1 N–H and O–H groups in total. The van der Waals surface area contributed by atoms with Crippen LogP contribution in [0.3, 0.4) is 0 Å². The second-order valence-corrected chi connectivity index (χ2v) is 6.14. The number of halogens is 3. The van der Waals surface area contributed by atoms with Gasteiger partial charge in [0.25, 0.3) is 5.91 Å². The number of aryl methyl sites for hydroxylation is 2. The van der Waals surface area contributed by atoms with E-state index in [1.165, 1.54) is 6.07 Å². The molecular weight excluding hydrogens is 393 g/mol. The first-order valence-corrected chi connectivity index (χ1v) is 7.36. The predicted octanol–water partition coefficient (Wildman–Crippen LogP) is 3.95. The van der Waals surface area contributed by atoms with Crippen molar-refractivity contribution in [2.45, 2.75) is 13.8 Å². The number of carbonyl (C=O) groups is 1. The van der Waals surface area contributed by atoms with Gasteiger partial charge in [-0.2, -0.15) is 5.10 Å². The van der Waals surface area contributed by atoms with Gasteiger partial charge in [-0.25, -0.2) is 4.39 Å². The Labute approximate surface area is 132 Å². The van der Waals surface area contributed by atoms with Crippen LogP contribution in [0.25, 0.3) is 0 Å². The van der Waals surface area contributed by atoms with Crippen molar-refractivity contribution in [3.63, 3.8) is 0 Å². The summed E-state index contributed by atoms with van der Waals surface area (Å²) in [6.07, 6.45) is 0. The van der Waals surface area contributed by atoms with Crippen LogP contribution in [0.15, 0.2) is 21.1 Å². The molecule has 1 aromatic heterocycles. The first kappa shape index (κ1) is 15.2. The summed E-state index contributed by atoms with van der Waals surface area (Å²) in [5.41, 5.74) is 1.91. The molecule has 0 saturated heterocycles. The molecular formula is C13H12Br2FN3O. The number of rotatable bonds is 2. The highest BCUT2D eigenvalue weighted by Crippen LogP contribution is 2.30. The Bertz CT molecular complexity index is 674. The van der Waals surface area contributed by atoms with Crippen molar-refractivity contribution in [2.75, 3.05) is 5.32 Å². The minimum Gasteiger partial charge on any atom is -0.318 e. The summed E-state index contributed by atoms with van der Waals surface area (Å²) in [5.74, 6) is -0.895. The molecule has 1 heterocycles. The third-order valence-corrected chi connectivity index (χ3v) is 4.06. The summed E-state index contributed by atoms with van der Waals surface area (Å²) in [4.78, 5) is 12.3. The molecule has 0 aliphatic heterocycles. The van der Waals surface area contributed by atoms with Crippen LogP contribution in [0, 0.1) is 19.7 Å². The Morgan fingerprint density at radius 1 is 1.35 bits per heavy atom. The van der Waals surface area contributed by atoms with E-state index in [0.29, 0.717) is 20.2 Å². The molecule has 0 fully saturated rings.